The molecular formula is C12H13Cl2NO3S. The molecule has 0 radical (unpaired) electrons. The number of carboxylic acids is 1. The molecule has 4 nitrogen and oxygen atoms in total. The van der Waals surface area contributed by atoms with Crippen molar-refractivity contribution >= 4 is 46.4 Å². The minimum atomic E-state index is -1.03. The molecule has 0 bridgehead atoms. The Balaban J connectivity index is 2.11. The Bertz CT molecular complexity index is 517. The molecule has 1 heterocycles. The molecule has 0 aromatic carbocycles. The summed E-state index contributed by atoms with van der Waals surface area (Å²) in [6.07, 6.45) is 0.826. The number of carboxylic acid groups (broad SMARTS) is 1. The van der Waals surface area contributed by atoms with E-state index < -0.39 is 5.97 Å². The highest BCUT2D eigenvalue weighted by molar-refractivity contribution is 7.20. The Labute approximate surface area is 124 Å². The topological polar surface area (TPSA) is 57.6 Å². The zero-order valence-electron chi connectivity index (χ0n) is 10.2. The van der Waals surface area contributed by atoms with Gasteiger partial charge in [0, 0.05) is 18.0 Å². The van der Waals surface area contributed by atoms with Gasteiger partial charge in [0.2, 0.25) is 5.91 Å². The lowest BCUT2D eigenvalue weighted by Crippen LogP contribution is -2.36. The van der Waals surface area contributed by atoms with E-state index in [9.17, 15) is 9.59 Å². The van der Waals surface area contributed by atoms with Gasteiger partial charge in [0.25, 0.3) is 0 Å². The molecule has 19 heavy (non-hydrogen) atoms. The zero-order chi connectivity index (χ0) is 14.2. The second-order valence-electron chi connectivity index (χ2n) is 4.76. The van der Waals surface area contributed by atoms with Crippen molar-refractivity contribution in [2.75, 3.05) is 6.54 Å². The number of halogens is 2. The normalized spacial score (nSPS) is 21.2. The van der Waals surface area contributed by atoms with Crippen LogP contribution in [0.5, 0.6) is 0 Å². The molecular weight excluding hydrogens is 309 g/mol. The maximum absolute atomic E-state index is 12.2. The van der Waals surface area contributed by atoms with E-state index in [0.29, 0.717) is 20.2 Å². The van der Waals surface area contributed by atoms with E-state index >= 15 is 0 Å². The quantitative estimate of drug-likeness (QED) is 0.906. The van der Waals surface area contributed by atoms with Crippen molar-refractivity contribution in [2.24, 2.45) is 11.8 Å². The van der Waals surface area contributed by atoms with Gasteiger partial charge in [0.05, 0.1) is 8.67 Å². The number of carbonyl (C=O) groups excluding carboxylic acids is 1. The maximum Gasteiger partial charge on any atom is 0.323 e. The van der Waals surface area contributed by atoms with Gasteiger partial charge in [0.1, 0.15) is 6.54 Å². The fraction of sp³-hybridized carbons (Fsp3) is 0.500. The standard InChI is InChI=1S/C12H13Cl2NO3S/c1-6-2-8(6)12(18)15(5-10(16)17)4-7-3-9(13)19-11(7)14/h3,6,8H,2,4-5H2,1H3,(H,16,17). The molecule has 2 unspecified atom stereocenters. The highest BCUT2D eigenvalue weighted by Gasteiger charge is 2.42. The van der Waals surface area contributed by atoms with Crippen LogP contribution in [-0.4, -0.2) is 28.4 Å². The molecule has 0 aliphatic heterocycles. The van der Waals surface area contributed by atoms with Crippen molar-refractivity contribution in [2.45, 2.75) is 19.9 Å². The second-order valence-corrected chi connectivity index (χ2v) is 7.04. The largest absolute Gasteiger partial charge is 0.480 e. The van der Waals surface area contributed by atoms with E-state index in [0.717, 1.165) is 6.42 Å². The highest BCUT2D eigenvalue weighted by Crippen LogP contribution is 2.40. The van der Waals surface area contributed by atoms with E-state index in [1.54, 1.807) is 6.07 Å². The van der Waals surface area contributed by atoms with Crippen LogP contribution in [0, 0.1) is 11.8 Å². The van der Waals surface area contributed by atoms with Crippen molar-refractivity contribution in [1.29, 1.82) is 0 Å². The van der Waals surface area contributed by atoms with Crippen LogP contribution < -0.4 is 0 Å². The third kappa shape index (κ3) is 3.61. The highest BCUT2D eigenvalue weighted by atomic mass is 35.5. The fourth-order valence-corrected chi connectivity index (χ4v) is 3.44. The first-order valence-electron chi connectivity index (χ1n) is 5.82. The van der Waals surface area contributed by atoms with E-state index in [1.807, 2.05) is 6.92 Å². The smallest absolute Gasteiger partial charge is 0.323 e. The summed E-state index contributed by atoms with van der Waals surface area (Å²) in [5.74, 6) is -0.857. The number of hydrogen-bond acceptors (Lipinski definition) is 3. The molecule has 1 N–H and O–H groups in total. The molecule has 2 atom stereocenters. The summed E-state index contributed by atoms with van der Waals surface area (Å²) in [4.78, 5) is 24.4. The summed E-state index contributed by atoms with van der Waals surface area (Å²) in [6.45, 7) is 1.86. The Hall–Kier alpha value is -0.780. The fourth-order valence-electron chi connectivity index (χ4n) is 1.96. The minimum Gasteiger partial charge on any atom is -0.480 e. The molecule has 7 heteroatoms. The van der Waals surface area contributed by atoms with Gasteiger partial charge in [-0.1, -0.05) is 30.1 Å². The summed E-state index contributed by atoms with van der Waals surface area (Å²) in [6, 6.07) is 1.67. The Kier molecular flexibility index (Phi) is 4.38. The van der Waals surface area contributed by atoms with Crippen LogP contribution in [0.4, 0.5) is 0 Å². The van der Waals surface area contributed by atoms with Crippen LogP contribution in [0.2, 0.25) is 8.67 Å². The van der Waals surface area contributed by atoms with Crippen molar-refractivity contribution in [3.63, 3.8) is 0 Å². The van der Waals surface area contributed by atoms with E-state index in [4.69, 9.17) is 28.3 Å². The number of rotatable bonds is 5. The van der Waals surface area contributed by atoms with Crippen LogP contribution in [-0.2, 0) is 16.1 Å². The van der Waals surface area contributed by atoms with Crippen molar-refractivity contribution in [3.05, 3.63) is 20.3 Å². The summed E-state index contributed by atoms with van der Waals surface area (Å²) in [7, 11) is 0. The van der Waals surface area contributed by atoms with Gasteiger partial charge >= 0.3 is 5.97 Å². The molecule has 1 saturated carbocycles. The lowest BCUT2D eigenvalue weighted by Gasteiger charge is -2.20. The van der Waals surface area contributed by atoms with Gasteiger partial charge < -0.3 is 10.0 Å². The first kappa shape index (κ1) is 14.6. The number of thiophene rings is 1. The predicted molar refractivity (Wildman–Crippen MR) is 74.7 cm³/mol. The first-order valence-corrected chi connectivity index (χ1v) is 7.40. The van der Waals surface area contributed by atoms with Crippen LogP contribution >= 0.6 is 34.5 Å². The van der Waals surface area contributed by atoms with Crippen LogP contribution in [0.25, 0.3) is 0 Å². The Morgan fingerprint density at radius 1 is 1.53 bits per heavy atom. The number of nitrogens with zero attached hydrogens (tertiary/aromatic N) is 1. The summed E-state index contributed by atoms with van der Waals surface area (Å²) in [5.41, 5.74) is 0.694. The molecule has 104 valence electrons. The van der Waals surface area contributed by atoms with Crippen molar-refractivity contribution < 1.29 is 14.7 Å². The first-order chi connectivity index (χ1) is 8.88. The average molecular weight is 322 g/mol. The van der Waals surface area contributed by atoms with E-state index in [2.05, 4.69) is 0 Å². The molecule has 1 aliphatic rings. The average Bonchev–Trinajstić information content (AvgIpc) is 2.94. The van der Waals surface area contributed by atoms with E-state index in [1.165, 1.54) is 16.2 Å². The number of aliphatic carboxylic acids is 1. The van der Waals surface area contributed by atoms with Gasteiger partial charge in [-0.15, -0.1) is 11.3 Å². The molecule has 1 aromatic rings. The van der Waals surface area contributed by atoms with Crippen molar-refractivity contribution in [3.8, 4) is 0 Å². The molecule has 2 rings (SSSR count). The van der Waals surface area contributed by atoms with Gasteiger partial charge in [-0.3, -0.25) is 9.59 Å². The molecule has 1 amide bonds. The summed E-state index contributed by atoms with van der Waals surface area (Å²) >= 11 is 13.1. The molecule has 0 saturated heterocycles. The maximum atomic E-state index is 12.2. The van der Waals surface area contributed by atoms with Crippen LogP contribution in [0.3, 0.4) is 0 Å². The molecule has 1 aliphatic carbocycles. The number of hydrogen-bond donors (Lipinski definition) is 1. The molecule has 1 fully saturated rings. The second kappa shape index (κ2) is 5.69. The molecule has 0 spiro atoms. The number of amides is 1. The lowest BCUT2D eigenvalue weighted by molar-refractivity contribution is -0.145. The van der Waals surface area contributed by atoms with Crippen molar-refractivity contribution in [1.82, 2.24) is 4.90 Å². The number of carbonyl (C=O) groups is 2. The van der Waals surface area contributed by atoms with Gasteiger partial charge in [-0.2, -0.15) is 0 Å². The minimum absolute atomic E-state index is 0.0489. The van der Waals surface area contributed by atoms with E-state index in [-0.39, 0.29) is 24.9 Å². The summed E-state index contributed by atoms with van der Waals surface area (Å²) in [5, 5.41) is 8.90. The van der Waals surface area contributed by atoms with Gasteiger partial charge in [-0.25, -0.2) is 0 Å². The Morgan fingerprint density at radius 2 is 2.16 bits per heavy atom. The predicted octanol–water partition coefficient (Wildman–Crippen LogP) is 3.12. The summed E-state index contributed by atoms with van der Waals surface area (Å²) < 4.78 is 1.03. The third-order valence-corrected chi connectivity index (χ3v) is 4.72. The van der Waals surface area contributed by atoms with Gasteiger partial charge in [-0.05, 0) is 18.4 Å². The Morgan fingerprint density at radius 3 is 2.58 bits per heavy atom. The zero-order valence-corrected chi connectivity index (χ0v) is 12.6. The third-order valence-electron chi connectivity index (χ3n) is 3.15. The van der Waals surface area contributed by atoms with Gasteiger partial charge in [0.15, 0.2) is 0 Å². The monoisotopic (exact) mass is 321 g/mol. The van der Waals surface area contributed by atoms with Crippen LogP contribution in [0.15, 0.2) is 6.07 Å². The molecule has 1 aromatic heterocycles. The van der Waals surface area contributed by atoms with Crippen LogP contribution in [0.1, 0.15) is 18.9 Å². The SMILES string of the molecule is CC1CC1C(=O)N(CC(=O)O)Cc1cc(Cl)sc1Cl. The lowest BCUT2D eigenvalue weighted by atomic mass is 10.2.